The van der Waals surface area contributed by atoms with Crippen LogP contribution in [0.2, 0.25) is 5.02 Å². The van der Waals surface area contributed by atoms with E-state index in [0.29, 0.717) is 11.6 Å². The van der Waals surface area contributed by atoms with Gasteiger partial charge in [-0.3, -0.25) is 9.69 Å². The molecule has 1 heterocycles. The first-order valence-corrected chi connectivity index (χ1v) is 8.29. The highest BCUT2D eigenvalue weighted by atomic mass is 35.5. The first-order valence-electron chi connectivity index (χ1n) is 7.91. The lowest BCUT2D eigenvalue weighted by atomic mass is 10.0. The maximum Gasteiger partial charge on any atom is 0.273 e. The monoisotopic (exact) mass is 347 g/mol. The van der Waals surface area contributed by atoms with Gasteiger partial charge in [0.2, 0.25) is 0 Å². The Hall–Kier alpha value is -2.18. The number of carbonyl (C=O) groups is 1. The molecule has 0 saturated heterocycles. The van der Waals surface area contributed by atoms with Gasteiger partial charge in [-0.1, -0.05) is 43.6 Å². The number of nitrogens with zero attached hydrogens (tertiary/aromatic N) is 3. The number of benzene rings is 1. The second-order valence-electron chi connectivity index (χ2n) is 5.26. The van der Waals surface area contributed by atoms with E-state index in [9.17, 15) is 4.79 Å². The van der Waals surface area contributed by atoms with E-state index in [2.05, 4.69) is 34.0 Å². The maximum atomic E-state index is 12.3. The lowest BCUT2D eigenvalue weighted by Gasteiger charge is -2.30. The van der Waals surface area contributed by atoms with Crippen molar-refractivity contribution in [1.82, 2.24) is 20.2 Å². The predicted octanol–water partition coefficient (Wildman–Crippen LogP) is 2.53. The minimum Gasteiger partial charge on any atom is -0.382 e. The predicted molar refractivity (Wildman–Crippen MR) is 95.9 cm³/mol. The lowest BCUT2D eigenvalue weighted by Crippen LogP contribution is -2.38. The van der Waals surface area contributed by atoms with Crippen LogP contribution in [0.4, 0.5) is 5.82 Å². The van der Waals surface area contributed by atoms with Crippen molar-refractivity contribution in [1.29, 1.82) is 0 Å². The van der Waals surface area contributed by atoms with Gasteiger partial charge in [0.05, 0.1) is 6.04 Å². The van der Waals surface area contributed by atoms with E-state index in [1.165, 1.54) is 12.4 Å². The van der Waals surface area contributed by atoms with Gasteiger partial charge >= 0.3 is 0 Å². The Labute approximate surface area is 147 Å². The summed E-state index contributed by atoms with van der Waals surface area (Å²) in [5, 5.41) is 3.58. The van der Waals surface area contributed by atoms with Crippen LogP contribution in [0.5, 0.6) is 0 Å². The molecule has 0 aliphatic rings. The number of amides is 1. The zero-order valence-electron chi connectivity index (χ0n) is 13.9. The smallest absolute Gasteiger partial charge is 0.273 e. The number of nitrogen functional groups attached to an aromatic ring is 1. The molecule has 0 spiro atoms. The summed E-state index contributed by atoms with van der Waals surface area (Å²) in [6, 6.07) is 7.64. The van der Waals surface area contributed by atoms with Crippen molar-refractivity contribution < 1.29 is 4.79 Å². The van der Waals surface area contributed by atoms with Crippen molar-refractivity contribution in [2.45, 2.75) is 19.9 Å². The number of carbonyl (C=O) groups excluding carboxylic acids is 1. The largest absolute Gasteiger partial charge is 0.382 e. The Bertz CT molecular complexity index is 690. The lowest BCUT2D eigenvalue weighted by molar-refractivity contribution is 0.0930. The Kier molecular flexibility index (Phi) is 6.52. The normalized spacial score (nSPS) is 12.2. The molecule has 0 unspecified atom stereocenters. The van der Waals surface area contributed by atoms with Crippen LogP contribution in [0.15, 0.2) is 36.7 Å². The Morgan fingerprint density at radius 3 is 2.54 bits per heavy atom. The number of aromatic nitrogens is 2. The first kappa shape index (κ1) is 18.2. The molecule has 2 rings (SSSR count). The average molecular weight is 348 g/mol. The molecule has 24 heavy (non-hydrogen) atoms. The van der Waals surface area contributed by atoms with Gasteiger partial charge < -0.3 is 11.1 Å². The van der Waals surface area contributed by atoms with Crippen molar-refractivity contribution in [3.8, 4) is 0 Å². The molecule has 3 N–H and O–H groups in total. The average Bonchev–Trinajstić information content (AvgIpc) is 2.59. The van der Waals surface area contributed by atoms with Crippen LogP contribution in [0.25, 0.3) is 0 Å². The maximum absolute atomic E-state index is 12.3. The molecule has 1 aromatic carbocycles. The molecule has 0 fully saturated rings. The summed E-state index contributed by atoms with van der Waals surface area (Å²) < 4.78 is 0. The second-order valence-corrected chi connectivity index (χ2v) is 5.67. The number of nitrogens with two attached hydrogens (primary N) is 1. The summed E-state index contributed by atoms with van der Waals surface area (Å²) in [5.74, 6) is -0.225. The number of likely N-dealkylation sites (N-methyl/N-ethyl adjacent to an activating group) is 1. The van der Waals surface area contributed by atoms with Gasteiger partial charge in [-0.15, -0.1) is 0 Å². The standard InChI is InChI=1S/C17H22ClN5O/c1-3-23(4-2)14(12-7-5-6-8-13(12)18)11-22-17(24)15-16(19)21-10-9-20-15/h5-10,14H,3-4,11H2,1-2H3,(H2,19,21)(H,22,24)/t14-/m1/s1. The fourth-order valence-corrected chi connectivity index (χ4v) is 2.90. The van der Waals surface area contributed by atoms with Crippen LogP contribution in [0.1, 0.15) is 35.9 Å². The quantitative estimate of drug-likeness (QED) is 0.804. The van der Waals surface area contributed by atoms with Gasteiger partial charge in [0.15, 0.2) is 11.5 Å². The molecule has 1 atom stereocenters. The molecule has 2 aromatic rings. The van der Waals surface area contributed by atoms with E-state index in [1.807, 2.05) is 24.3 Å². The van der Waals surface area contributed by atoms with Gasteiger partial charge in [0, 0.05) is 24.0 Å². The Morgan fingerprint density at radius 1 is 1.25 bits per heavy atom. The molecular formula is C17H22ClN5O. The SMILES string of the molecule is CCN(CC)[C@H](CNC(=O)c1nccnc1N)c1ccccc1Cl. The van der Waals surface area contributed by atoms with E-state index in [1.54, 1.807) is 0 Å². The number of anilines is 1. The van der Waals surface area contributed by atoms with Crippen LogP contribution in [-0.2, 0) is 0 Å². The van der Waals surface area contributed by atoms with E-state index < -0.39 is 0 Å². The molecule has 0 saturated carbocycles. The topological polar surface area (TPSA) is 84.1 Å². The van der Waals surface area contributed by atoms with Gasteiger partial charge in [0.25, 0.3) is 5.91 Å². The first-order chi connectivity index (χ1) is 11.6. The fourth-order valence-electron chi connectivity index (χ4n) is 2.64. The van der Waals surface area contributed by atoms with Gasteiger partial charge in [0.1, 0.15) is 0 Å². The van der Waals surface area contributed by atoms with Crippen LogP contribution in [-0.4, -0.2) is 40.4 Å². The van der Waals surface area contributed by atoms with E-state index in [4.69, 9.17) is 17.3 Å². The van der Waals surface area contributed by atoms with Crippen molar-refractivity contribution >= 4 is 23.3 Å². The Morgan fingerprint density at radius 2 is 1.92 bits per heavy atom. The molecule has 128 valence electrons. The number of halogens is 1. The summed E-state index contributed by atoms with van der Waals surface area (Å²) in [7, 11) is 0. The number of hydrogen-bond acceptors (Lipinski definition) is 5. The van der Waals surface area contributed by atoms with Gasteiger partial charge in [-0.05, 0) is 24.7 Å². The van der Waals surface area contributed by atoms with Gasteiger partial charge in [-0.25, -0.2) is 9.97 Å². The van der Waals surface area contributed by atoms with Crippen molar-refractivity contribution in [3.05, 3.63) is 52.9 Å². The molecule has 0 bridgehead atoms. The molecule has 0 radical (unpaired) electrons. The summed E-state index contributed by atoms with van der Waals surface area (Å²) in [6.07, 6.45) is 2.90. The van der Waals surface area contributed by atoms with Crippen LogP contribution in [0, 0.1) is 0 Å². The highest BCUT2D eigenvalue weighted by Crippen LogP contribution is 2.27. The molecule has 1 amide bonds. The van der Waals surface area contributed by atoms with Crippen molar-refractivity contribution in [2.75, 3.05) is 25.4 Å². The molecule has 7 heteroatoms. The van der Waals surface area contributed by atoms with Crippen molar-refractivity contribution in [2.24, 2.45) is 0 Å². The van der Waals surface area contributed by atoms with Crippen LogP contribution < -0.4 is 11.1 Å². The summed E-state index contributed by atoms with van der Waals surface area (Å²) in [5.41, 5.74) is 6.83. The molecule has 0 aliphatic heterocycles. The highest BCUT2D eigenvalue weighted by Gasteiger charge is 2.22. The third-order valence-corrected chi connectivity index (χ3v) is 4.26. The molecule has 6 nitrogen and oxygen atoms in total. The van der Waals surface area contributed by atoms with E-state index >= 15 is 0 Å². The van der Waals surface area contributed by atoms with Crippen molar-refractivity contribution in [3.63, 3.8) is 0 Å². The third kappa shape index (κ3) is 4.21. The number of rotatable bonds is 7. The molecular weight excluding hydrogens is 326 g/mol. The zero-order valence-corrected chi connectivity index (χ0v) is 14.6. The van der Waals surface area contributed by atoms with Gasteiger partial charge in [-0.2, -0.15) is 0 Å². The number of hydrogen-bond donors (Lipinski definition) is 2. The highest BCUT2D eigenvalue weighted by molar-refractivity contribution is 6.31. The van der Waals surface area contributed by atoms with E-state index in [0.717, 1.165) is 18.7 Å². The minimum atomic E-state index is -0.343. The summed E-state index contributed by atoms with van der Waals surface area (Å²) in [4.78, 5) is 22.5. The molecule has 1 aromatic heterocycles. The summed E-state index contributed by atoms with van der Waals surface area (Å²) in [6.45, 7) is 6.25. The molecule has 0 aliphatic carbocycles. The van der Waals surface area contributed by atoms with E-state index in [-0.39, 0.29) is 23.5 Å². The zero-order chi connectivity index (χ0) is 17.5. The fraction of sp³-hybridized carbons (Fsp3) is 0.353. The number of nitrogens with one attached hydrogen (secondary N) is 1. The summed E-state index contributed by atoms with van der Waals surface area (Å²) >= 11 is 6.35. The van der Waals surface area contributed by atoms with Crippen LogP contribution >= 0.6 is 11.6 Å². The Balaban J connectivity index is 2.19. The second kappa shape index (κ2) is 8.61. The third-order valence-electron chi connectivity index (χ3n) is 3.91. The van der Waals surface area contributed by atoms with Crippen LogP contribution in [0.3, 0.4) is 0 Å². The minimum absolute atomic E-state index is 0.0319.